The molecule has 598 valence electrons. The highest BCUT2D eigenvalue weighted by Gasteiger charge is 2.70. The van der Waals surface area contributed by atoms with Crippen LogP contribution in [0.5, 0.6) is 0 Å². The second kappa shape index (κ2) is 31.4. The molecule has 11 rings (SSSR count). The first-order chi connectivity index (χ1) is 49.1. The van der Waals surface area contributed by atoms with Crippen molar-refractivity contribution in [2.45, 2.75) is 332 Å². The van der Waals surface area contributed by atoms with Crippen LogP contribution in [0.15, 0.2) is 11.6 Å². The maximum Gasteiger partial charge on any atom is 0.310 e. The fourth-order valence-electron chi connectivity index (χ4n) is 19.9. The molecule has 0 aromatic heterocycles. The van der Waals surface area contributed by atoms with E-state index < -0.39 is 239 Å². The van der Waals surface area contributed by atoms with Crippen LogP contribution in [0.4, 0.5) is 0 Å². The molecule has 6 heterocycles. The van der Waals surface area contributed by atoms with E-state index in [4.69, 9.17) is 75.8 Å². The van der Waals surface area contributed by atoms with E-state index in [-0.39, 0.29) is 40.1 Å². The predicted molar refractivity (Wildman–Crippen MR) is 352 cm³/mol. The summed E-state index contributed by atoms with van der Waals surface area (Å²) in [6, 6.07) is 0. The van der Waals surface area contributed by atoms with Gasteiger partial charge in [0.1, 0.15) is 123 Å². The highest BCUT2D eigenvalue weighted by Crippen LogP contribution is 2.76. The molecule has 33 nitrogen and oxygen atoms in total. The van der Waals surface area contributed by atoms with E-state index in [9.17, 15) is 85.3 Å². The molecule has 0 aromatic rings. The average molecular weight is 1510 g/mol. The number of ether oxygens (including phenoxy) is 16. The Morgan fingerprint density at radius 1 is 0.457 bits per heavy atom. The Morgan fingerprint density at radius 2 is 0.943 bits per heavy atom. The largest absolute Gasteiger partial charge is 0.481 e. The van der Waals surface area contributed by atoms with Gasteiger partial charge in [-0.05, 0) is 123 Å². The molecular weight excluding hydrogens is 1390 g/mol. The molecule has 11 aliphatic rings. The lowest BCUT2D eigenvalue weighted by Gasteiger charge is -2.71. The Kier molecular flexibility index (Phi) is 24.6. The Morgan fingerprint density at radius 3 is 1.51 bits per heavy atom. The van der Waals surface area contributed by atoms with Gasteiger partial charge < -0.3 is 137 Å². The van der Waals surface area contributed by atoms with Crippen molar-refractivity contribution < 1.29 is 161 Å². The van der Waals surface area contributed by atoms with Gasteiger partial charge in [-0.3, -0.25) is 24.0 Å². The normalized spacial score (nSPS) is 49.5. The smallest absolute Gasteiger partial charge is 0.310 e. The molecule has 6 saturated heterocycles. The molecule has 0 unspecified atom stereocenters. The minimum Gasteiger partial charge on any atom is -0.481 e. The van der Waals surface area contributed by atoms with E-state index in [1.54, 1.807) is 0 Å². The Hall–Kier alpha value is -3.83. The Balaban J connectivity index is 0.761. The standard InChI is InChI=1S/C72H112O33/c1-29-44(79)56(103-61-48(83)47(82)54(96-33(5)75)39(98-61)27-90-31(3)73)50(85)62(94-29)102-55-40(28-91-32(4)74)99-64(52(87)58(55)97-34(6)76)104-57-45(80)30(2)95-63(51(57)86)105-59-46(81)37(77)25-93-65(59)101-53-38(78)26-92-60(49(53)84)100-43-17-18-69(11)41(68(43,9)10)16-19-71(13)42(69)15-14-35-36-24-67(7,8)20-22-72(36,66(88)89)23-21-70(35,71)12/h14,29-30,36-65,77-87H,15-28H2,1-13H3,(H,88,89)/t29-,30-,36-,37+,38+,39+,40+,41-,42+,43-,44-,45-,46-,47+,48+,49+,50+,51+,52+,53-,54+,55+,56+,57+,58+,59+,60-,61-,62-,63-,64-,65-,69-,70+,71+,72-/m0/s1. The number of hydrogen-bond acceptors (Lipinski definition) is 32. The SMILES string of the molecule is CC(=O)OC[C@H]1O[C@@H](O[C@@H]2[C@@H](O)[C@H](C)O[C@@H](O[C@H]3[C@H](OC(C)=O)[C@@H](O)[C@H](O[C@@H]4[C@@H](O)[C@H](C)O[C@@H](O[C@H]5[C@H](O[C@@H]6[C@@H](O)[C@H](O[C@H]7CC[C@]8(C)[C@H]9CC=C%10[C@@H]%11CC(C)(C)CC[C@]%11(C(=O)O)CC[C@@]%10(C)[C@]9(C)CC[C@H]8C7(C)C)OC[C@H]6O)OC[C@@H](O)[C@@H]5O)[C@@H]4O)O[C@@H]3COC(C)=O)[C@@H]2O)[C@H](O)[C@@H](O)[C@@H]1OC(C)=O. The average Bonchev–Trinajstić information content (AvgIpc) is 0.675. The maximum atomic E-state index is 13.3. The maximum absolute atomic E-state index is 13.3. The number of carbonyl (C=O) groups is 5. The summed E-state index contributed by atoms with van der Waals surface area (Å²) >= 11 is 0. The lowest BCUT2D eigenvalue weighted by atomic mass is 9.33. The molecule has 105 heavy (non-hydrogen) atoms. The van der Waals surface area contributed by atoms with Crippen LogP contribution in [-0.4, -0.2) is 296 Å². The van der Waals surface area contributed by atoms with Crippen LogP contribution in [0, 0.1) is 50.2 Å². The first-order valence-electron chi connectivity index (χ1n) is 36.9. The monoisotopic (exact) mass is 1500 g/mol. The second-order valence-electron chi connectivity index (χ2n) is 33.4. The van der Waals surface area contributed by atoms with Crippen LogP contribution in [0.3, 0.4) is 0 Å². The summed E-state index contributed by atoms with van der Waals surface area (Å²) in [6.07, 6.45) is -40.0. The van der Waals surface area contributed by atoms with Crippen LogP contribution < -0.4 is 0 Å². The van der Waals surface area contributed by atoms with Crippen LogP contribution >= 0.6 is 0 Å². The van der Waals surface area contributed by atoms with E-state index in [1.165, 1.54) is 19.4 Å². The number of hydrogen-bond donors (Lipinski definition) is 12. The minimum atomic E-state index is -2.18. The molecule has 5 aliphatic carbocycles. The van der Waals surface area contributed by atoms with E-state index >= 15 is 0 Å². The molecular formula is C72H112O33. The highest BCUT2D eigenvalue weighted by molar-refractivity contribution is 5.76. The molecule has 0 amide bonds. The zero-order valence-electron chi connectivity index (χ0n) is 61.9. The number of aliphatic carboxylic acids is 1. The highest BCUT2D eigenvalue weighted by atomic mass is 16.8. The molecule has 0 bridgehead atoms. The van der Waals surface area contributed by atoms with Crippen LogP contribution in [-0.2, 0) is 99.8 Å². The van der Waals surface area contributed by atoms with Gasteiger partial charge in [0.05, 0.1) is 36.9 Å². The third-order valence-electron chi connectivity index (χ3n) is 25.9. The molecule has 36 atom stereocenters. The number of rotatable bonds is 19. The molecule has 33 heteroatoms. The number of allylic oxidation sites excluding steroid dienone is 2. The van der Waals surface area contributed by atoms with Gasteiger partial charge in [0.25, 0.3) is 0 Å². The van der Waals surface area contributed by atoms with E-state index in [0.717, 1.165) is 72.6 Å². The molecule has 12 N–H and O–H groups in total. The summed E-state index contributed by atoms with van der Waals surface area (Å²) in [5, 5.41) is 139. The number of carboxylic acid groups (broad SMARTS) is 1. The van der Waals surface area contributed by atoms with Crippen LogP contribution in [0.2, 0.25) is 0 Å². The molecule has 0 aromatic carbocycles. The van der Waals surface area contributed by atoms with Gasteiger partial charge >= 0.3 is 29.8 Å². The van der Waals surface area contributed by atoms with Gasteiger partial charge in [-0.15, -0.1) is 0 Å². The van der Waals surface area contributed by atoms with E-state index in [0.29, 0.717) is 25.2 Å². The number of aliphatic hydroxyl groups is 11. The van der Waals surface area contributed by atoms with Crippen molar-refractivity contribution >= 4 is 29.8 Å². The summed E-state index contributed by atoms with van der Waals surface area (Å²) < 4.78 is 94.4. The molecule has 4 saturated carbocycles. The van der Waals surface area contributed by atoms with Gasteiger partial charge in [-0.1, -0.05) is 60.1 Å². The second-order valence-corrected chi connectivity index (χ2v) is 33.4. The third kappa shape index (κ3) is 15.5. The number of carboxylic acids is 1. The predicted octanol–water partition coefficient (Wildman–Crippen LogP) is -0.205. The van der Waals surface area contributed by atoms with Crippen molar-refractivity contribution in [3.63, 3.8) is 0 Å². The number of aliphatic hydroxyl groups excluding tert-OH is 11. The van der Waals surface area contributed by atoms with Crippen molar-refractivity contribution in [2.75, 3.05) is 26.4 Å². The van der Waals surface area contributed by atoms with Crippen molar-refractivity contribution in [3.05, 3.63) is 11.6 Å². The zero-order chi connectivity index (χ0) is 76.9. The van der Waals surface area contributed by atoms with Crippen LogP contribution in [0.25, 0.3) is 0 Å². The van der Waals surface area contributed by atoms with Crippen molar-refractivity contribution in [1.29, 1.82) is 0 Å². The Labute approximate surface area is 609 Å². The first-order valence-corrected chi connectivity index (χ1v) is 36.9. The molecule has 0 radical (unpaired) electrons. The zero-order valence-corrected chi connectivity index (χ0v) is 61.9. The molecule has 6 aliphatic heterocycles. The molecule has 10 fully saturated rings. The quantitative estimate of drug-likeness (QED) is 0.0345. The first kappa shape index (κ1) is 82.1. The van der Waals surface area contributed by atoms with Crippen molar-refractivity contribution in [2.24, 2.45) is 50.2 Å². The minimum absolute atomic E-state index is 0.0227. The fourth-order valence-corrected chi connectivity index (χ4v) is 19.9. The van der Waals surface area contributed by atoms with Gasteiger partial charge in [0.15, 0.2) is 49.9 Å². The lowest BCUT2D eigenvalue weighted by molar-refractivity contribution is -0.395. The summed E-state index contributed by atoms with van der Waals surface area (Å²) in [7, 11) is 0. The Bertz CT molecular complexity index is 3120. The lowest BCUT2D eigenvalue weighted by Crippen LogP contribution is -2.68. The van der Waals surface area contributed by atoms with Gasteiger partial charge in [-0.25, -0.2) is 0 Å². The van der Waals surface area contributed by atoms with Crippen molar-refractivity contribution in [3.8, 4) is 0 Å². The topological polar surface area (TPSA) is 476 Å². The van der Waals surface area contributed by atoms with Gasteiger partial charge in [-0.2, -0.15) is 0 Å². The fraction of sp³-hybridized carbons (Fsp3) is 0.903. The summed E-state index contributed by atoms with van der Waals surface area (Å²) in [5.74, 6) is -3.85. The summed E-state index contributed by atoms with van der Waals surface area (Å²) in [5.41, 5.74) is -0.285. The van der Waals surface area contributed by atoms with E-state index in [1.807, 2.05) is 0 Å². The van der Waals surface area contributed by atoms with Gasteiger partial charge in [0.2, 0.25) is 0 Å². The van der Waals surface area contributed by atoms with Gasteiger partial charge in [0, 0.05) is 27.7 Å². The number of carbonyl (C=O) groups excluding carboxylic acids is 4. The number of esters is 4. The molecule has 0 spiro atoms. The number of fused-ring (bicyclic) bond motifs is 7. The van der Waals surface area contributed by atoms with Crippen LogP contribution in [0.1, 0.15) is 154 Å². The summed E-state index contributed by atoms with van der Waals surface area (Å²) in [4.78, 5) is 62.4. The van der Waals surface area contributed by atoms with Crippen molar-refractivity contribution in [1.82, 2.24) is 0 Å². The third-order valence-corrected chi connectivity index (χ3v) is 25.9. The summed E-state index contributed by atoms with van der Waals surface area (Å²) in [6.45, 7) is 20.6. The van der Waals surface area contributed by atoms with E-state index in [2.05, 4.69) is 54.5 Å².